The van der Waals surface area contributed by atoms with Gasteiger partial charge in [-0.05, 0) is 53.6 Å². The minimum atomic E-state index is -0.336. The van der Waals surface area contributed by atoms with Crippen molar-refractivity contribution in [2.45, 2.75) is 33.2 Å². The zero-order valence-corrected chi connectivity index (χ0v) is 19.5. The highest BCUT2D eigenvalue weighted by atomic mass is 19.1. The van der Waals surface area contributed by atoms with Gasteiger partial charge in [-0.15, -0.1) is 10.2 Å². The molecular weight excluding hydrogens is 449 g/mol. The molecule has 1 atom stereocenters. The summed E-state index contributed by atoms with van der Waals surface area (Å²) in [5.74, 6) is -0.241. The molecule has 0 aliphatic rings. The first kappa shape index (κ1) is 23.6. The van der Waals surface area contributed by atoms with E-state index in [0.29, 0.717) is 40.1 Å². The van der Waals surface area contributed by atoms with E-state index in [2.05, 4.69) is 41.0 Å². The Morgan fingerprint density at radius 1 is 1.14 bits per heavy atom. The lowest BCUT2D eigenvalue weighted by molar-refractivity contribution is 0.0937. The molecule has 35 heavy (non-hydrogen) atoms. The van der Waals surface area contributed by atoms with E-state index in [1.165, 1.54) is 18.3 Å². The fourth-order valence-corrected chi connectivity index (χ4v) is 3.62. The topological polar surface area (TPSA) is 127 Å². The monoisotopic (exact) mass is 473 g/mol. The first-order chi connectivity index (χ1) is 17.1. The van der Waals surface area contributed by atoms with E-state index in [9.17, 15) is 9.18 Å². The molecule has 0 fully saturated rings. The second-order valence-electron chi connectivity index (χ2n) is 7.30. The number of carbonyl (C=O) groups excluding carboxylic acids is 1. The minimum Gasteiger partial charge on any atom is -0.345 e. The van der Waals surface area contributed by atoms with E-state index < -0.39 is 0 Å². The number of aromatic nitrogens is 8. The Bertz CT molecular complexity index is 1420. The third-order valence-electron chi connectivity index (χ3n) is 5.29. The highest BCUT2D eigenvalue weighted by molar-refractivity contribution is 6.06. The van der Waals surface area contributed by atoms with Gasteiger partial charge in [-0.3, -0.25) is 14.8 Å². The summed E-state index contributed by atoms with van der Waals surface area (Å²) in [5, 5.41) is 22.0. The molecule has 2 N–H and O–H groups in total. The maximum atomic E-state index is 13.3. The Hall–Kier alpha value is -4.54. The Labute approximate surface area is 200 Å². The summed E-state index contributed by atoms with van der Waals surface area (Å²) in [6.07, 6.45) is 7.04. The zero-order valence-electron chi connectivity index (χ0n) is 19.5. The summed E-state index contributed by atoms with van der Waals surface area (Å²) in [4.78, 5) is 21.7. The van der Waals surface area contributed by atoms with Gasteiger partial charge >= 0.3 is 0 Å². The van der Waals surface area contributed by atoms with Crippen LogP contribution in [0.5, 0.6) is 0 Å². The Kier molecular flexibility index (Phi) is 7.15. The largest absolute Gasteiger partial charge is 0.345 e. The van der Waals surface area contributed by atoms with Gasteiger partial charge in [0.1, 0.15) is 11.5 Å². The number of pyridine rings is 2. The molecule has 0 spiro atoms. The molecule has 4 heterocycles. The molecule has 5 aromatic rings. The molecule has 1 amide bonds. The molecule has 10 nitrogen and oxygen atoms in total. The van der Waals surface area contributed by atoms with E-state index in [4.69, 9.17) is 0 Å². The molecule has 1 aromatic carbocycles. The third-order valence-corrected chi connectivity index (χ3v) is 5.29. The number of aromatic amines is 1. The van der Waals surface area contributed by atoms with Crippen molar-refractivity contribution in [3.8, 4) is 17.2 Å². The van der Waals surface area contributed by atoms with Crippen LogP contribution in [0.1, 0.15) is 49.2 Å². The van der Waals surface area contributed by atoms with Gasteiger partial charge in [0, 0.05) is 17.8 Å². The summed E-state index contributed by atoms with van der Waals surface area (Å²) in [7, 11) is 0. The van der Waals surface area contributed by atoms with E-state index >= 15 is 0 Å². The molecule has 0 saturated heterocycles. The molecule has 1 unspecified atom stereocenters. The molecule has 0 aliphatic carbocycles. The number of nitrogens with one attached hydrogen (secondary N) is 2. The number of halogens is 1. The lowest BCUT2D eigenvalue weighted by Crippen LogP contribution is -2.28. The van der Waals surface area contributed by atoms with Crippen molar-refractivity contribution in [3.05, 3.63) is 78.1 Å². The minimum absolute atomic E-state index is 0.270. The number of benzene rings is 1. The summed E-state index contributed by atoms with van der Waals surface area (Å²) in [6.45, 7) is 5.98. The quantitative estimate of drug-likeness (QED) is 0.381. The number of rotatable bonds is 6. The Balaban J connectivity index is 0.00000141. The maximum Gasteiger partial charge on any atom is 0.254 e. The second kappa shape index (κ2) is 10.6. The highest BCUT2D eigenvalue weighted by Crippen LogP contribution is 2.24. The van der Waals surface area contributed by atoms with Crippen molar-refractivity contribution >= 4 is 16.8 Å². The van der Waals surface area contributed by atoms with Gasteiger partial charge in [-0.1, -0.05) is 20.8 Å². The number of hydrogen-bond acceptors (Lipinski definition) is 7. The van der Waals surface area contributed by atoms with E-state index in [1.54, 1.807) is 35.4 Å². The predicted molar refractivity (Wildman–Crippen MR) is 128 cm³/mol. The van der Waals surface area contributed by atoms with Gasteiger partial charge in [0.05, 0.1) is 35.2 Å². The first-order valence-electron chi connectivity index (χ1n) is 11.2. The fraction of sp³-hybridized carbons (Fsp3) is 0.208. The fourth-order valence-electron chi connectivity index (χ4n) is 3.62. The van der Waals surface area contributed by atoms with Crippen molar-refractivity contribution in [2.24, 2.45) is 0 Å². The molecule has 0 aliphatic heterocycles. The average Bonchev–Trinajstić information content (AvgIpc) is 3.59. The molecule has 0 radical (unpaired) electrons. The van der Waals surface area contributed by atoms with Gasteiger partial charge < -0.3 is 5.32 Å². The smallest absolute Gasteiger partial charge is 0.254 e. The van der Waals surface area contributed by atoms with Gasteiger partial charge in [0.15, 0.2) is 0 Å². The van der Waals surface area contributed by atoms with Crippen molar-refractivity contribution in [1.29, 1.82) is 0 Å². The van der Waals surface area contributed by atoms with Crippen molar-refractivity contribution < 1.29 is 9.18 Å². The van der Waals surface area contributed by atoms with Gasteiger partial charge in [-0.25, -0.2) is 9.07 Å². The second-order valence-corrected chi connectivity index (χ2v) is 7.30. The average molecular weight is 474 g/mol. The summed E-state index contributed by atoms with van der Waals surface area (Å²) >= 11 is 0. The van der Waals surface area contributed by atoms with Crippen molar-refractivity contribution in [1.82, 2.24) is 45.7 Å². The van der Waals surface area contributed by atoms with E-state index in [-0.39, 0.29) is 17.8 Å². The van der Waals surface area contributed by atoms with Crippen LogP contribution < -0.4 is 5.32 Å². The summed E-state index contributed by atoms with van der Waals surface area (Å²) in [5.41, 5.74) is 3.13. The number of tetrazole rings is 1. The Morgan fingerprint density at radius 3 is 2.66 bits per heavy atom. The van der Waals surface area contributed by atoms with Crippen LogP contribution in [0.4, 0.5) is 4.39 Å². The summed E-state index contributed by atoms with van der Waals surface area (Å²) < 4.78 is 14.9. The maximum absolute atomic E-state index is 13.3. The van der Waals surface area contributed by atoms with E-state index in [0.717, 1.165) is 5.56 Å². The number of nitrogens with zero attached hydrogens (tertiary/aromatic N) is 7. The van der Waals surface area contributed by atoms with Crippen LogP contribution in [0.15, 0.2) is 61.2 Å². The van der Waals surface area contributed by atoms with Gasteiger partial charge in [0.2, 0.25) is 5.82 Å². The zero-order chi connectivity index (χ0) is 24.8. The lowest BCUT2D eigenvalue weighted by atomic mass is 10.0. The molecule has 11 heteroatoms. The van der Waals surface area contributed by atoms with Crippen LogP contribution in [-0.2, 0) is 0 Å². The van der Waals surface area contributed by atoms with Crippen LogP contribution >= 0.6 is 0 Å². The standard InChI is InChI=1S/C22H18FN9O.C2H6/c1-2-18(13-7-8-25-19(9-13)21-28-30-31-29-21)27-22(33)17-10-24-12-20-16(17)11-26-32(20)15-5-3-14(23)4-6-15;1-2/h3-12,18H,2H2,1H3,(H,27,33)(H,28,29,30,31);1-2H3. The number of hydrogen-bond donors (Lipinski definition) is 2. The third kappa shape index (κ3) is 4.88. The van der Waals surface area contributed by atoms with Crippen molar-refractivity contribution in [3.63, 3.8) is 0 Å². The first-order valence-corrected chi connectivity index (χ1v) is 11.2. The number of H-pyrrole nitrogens is 1. The van der Waals surface area contributed by atoms with Crippen LogP contribution in [0, 0.1) is 5.82 Å². The molecule has 0 saturated carbocycles. The van der Waals surface area contributed by atoms with Crippen LogP contribution in [0.3, 0.4) is 0 Å². The normalized spacial score (nSPS) is 11.5. The molecule has 4 aromatic heterocycles. The van der Waals surface area contributed by atoms with Gasteiger partial charge in [0.25, 0.3) is 5.91 Å². The number of carbonyl (C=O) groups is 1. The summed E-state index contributed by atoms with van der Waals surface area (Å²) in [6, 6.07) is 9.34. The van der Waals surface area contributed by atoms with Crippen molar-refractivity contribution in [2.75, 3.05) is 0 Å². The molecule has 0 bridgehead atoms. The molecular formula is C24H24FN9O. The highest BCUT2D eigenvalue weighted by Gasteiger charge is 2.19. The van der Waals surface area contributed by atoms with Crippen LogP contribution in [0.2, 0.25) is 0 Å². The van der Waals surface area contributed by atoms with Crippen LogP contribution in [-0.4, -0.2) is 46.3 Å². The van der Waals surface area contributed by atoms with E-state index in [1.807, 2.05) is 32.9 Å². The number of amides is 1. The van der Waals surface area contributed by atoms with Gasteiger partial charge in [-0.2, -0.15) is 10.3 Å². The number of fused-ring (bicyclic) bond motifs is 1. The predicted octanol–water partition coefficient (Wildman–Crippen LogP) is 4.04. The Morgan fingerprint density at radius 2 is 1.94 bits per heavy atom. The SMILES string of the molecule is CC.CCC(NC(=O)c1cncc2c1cnn2-c1ccc(F)cc1)c1ccnc(-c2nn[nH]n2)c1. The lowest BCUT2D eigenvalue weighted by Gasteiger charge is -2.18. The van der Waals surface area contributed by atoms with Crippen LogP contribution in [0.25, 0.3) is 28.1 Å². The molecule has 5 rings (SSSR count). The molecule has 178 valence electrons.